The van der Waals surface area contributed by atoms with Crippen molar-refractivity contribution in [2.45, 2.75) is 12.8 Å². The van der Waals surface area contributed by atoms with Gasteiger partial charge in [0.1, 0.15) is 0 Å². The van der Waals surface area contributed by atoms with Crippen molar-refractivity contribution in [2.75, 3.05) is 17.2 Å². The van der Waals surface area contributed by atoms with Crippen LogP contribution in [0.25, 0.3) is 0 Å². The molecule has 0 fully saturated rings. The van der Waals surface area contributed by atoms with E-state index in [1.165, 1.54) is 24.3 Å². The molecule has 0 saturated carbocycles. The van der Waals surface area contributed by atoms with Crippen molar-refractivity contribution >= 4 is 50.8 Å². The van der Waals surface area contributed by atoms with Crippen LogP contribution in [0.4, 0.5) is 17.1 Å². The molecule has 2 aromatic rings. The van der Waals surface area contributed by atoms with Crippen LogP contribution in [0.1, 0.15) is 12.8 Å². The summed E-state index contributed by atoms with van der Waals surface area (Å²) >= 11 is 3.28. The van der Waals surface area contributed by atoms with E-state index in [9.17, 15) is 24.5 Å². The minimum atomic E-state index is -0.708. The first kappa shape index (κ1) is 21.0. The molecule has 2 amide bonds. The number of non-ortho nitro benzene ring substituents is 1. The van der Waals surface area contributed by atoms with Gasteiger partial charge in [-0.15, -0.1) is 0 Å². The standard InChI is InChI=1S/C18H16BrN3O6/c19-12-4-6-13(7-5-12)20-16(23)8-9-18(25)28-11-17(24)21-14-2-1-3-15(10-14)22(26)27/h1-7,10H,8-9,11H2,(H,20,23)(H,21,24). The van der Waals surface area contributed by atoms with E-state index in [-0.39, 0.29) is 30.1 Å². The van der Waals surface area contributed by atoms with E-state index in [1.807, 2.05) is 0 Å². The van der Waals surface area contributed by atoms with Crippen molar-refractivity contribution < 1.29 is 24.0 Å². The van der Waals surface area contributed by atoms with Crippen molar-refractivity contribution in [2.24, 2.45) is 0 Å². The maximum absolute atomic E-state index is 11.8. The second-order valence-electron chi connectivity index (χ2n) is 5.57. The highest BCUT2D eigenvalue weighted by atomic mass is 79.9. The molecular weight excluding hydrogens is 434 g/mol. The van der Waals surface area contributed by atoms with Crippen LogP contribution in [0.5, 0.6) is 0 Å². The summed E-state index contributed by atoms with van der Waals surface area (Å²) in [6.07, 6.45) is -0.284. The molecule has 0 unspecified atom stereocenters. The third-order valence-electron chi connectivity index (χ3n) is 3.39. The van der Waals surface area contributed by atoms with Gasteiger partial charge in [0.2, 0.25) is 5.91 Å². The van der Waals surface area contributed by atoms with Gasteiger partial charge in [0.15, 0.2) is 6.61 Å². The van der Waals surface area contributed by atoms with Gasteiger partial charge in [-0.25, -0.2) is 0 Å². The fourth-order valence-electron chi connectivity index (χ4n) is 2.08. The number of nitro benzene ring substituents is 1. The van der Waals surface area contributed by atoms with Crippen molar-refractivity contribution in [1.29, 1.82) is 0 Å². The number of amides is 2. The van der Waals surface area contributed by atoms with E-state index in [0.717, 1.165) is 4.47 Å². The van der Waals surface area contributed by atoms with Crippen LogP contribution in [-0.2, 0) is 19.1 Å². The molecule has 10 heteroatoms. The van der Waals surface area contributed by atoms with Crippen LogP contribution in [-0.4, -0.2) is 29.3 Å². The van der Waals surface area contributed by atoms with Crippen LogP contribution in [0.3, 0.4) is 0 Å². The van der Waals surface area contributed by atoms with E-state index in [4.69, 9.17) is 4.74 Å². The topological polar surface area (TPSA) is 128 Å². The predicted octanol–water partition coefficient (Wildman–Crippen LogP) is 3.26. The molecule has 0 heterocycles. The van der Waals surface area contributed by atoms with Crippen LogP contribution in [0.2, 0.25) is 0 Å². The highest BCUT2D eigenvalue weighted by Gasteiger charge is 2.12. The van der Waals surface area contributed by atoms with Crippen LogP contribution >= 0.6 is 15.9 Å². The monoisotopic (exact) mass is 449 g/mol. The lowest BCUT2D eigenvalue weighted by molar-refractivity contribution is -0.384. The number of nitro groups is 1. The van der Waals surface area contributed by atoms with Gasteiger partial charge < -0.3 is 15.4 Å². The van der Waals surface area contributed by atoms with E-state index >= 15 is 0 Å². The van der Waals surface area contributed by atoms with E-state index in [0.29, 0.717) is 5.69 Å². The number of rotatable bonds is 8. The summed E-state index contributed by atoms with van der Waals surface area (Å²) < 4.78 is 5.67. The highest BCUT2D eigenvalue weighted by Crippen LogP contribution is 2.17. The Morgan fingerprint density at radius 1 is 0.964 bits per heavy atom. The fourth-order valence-corrected chi connectivity index (χ4v) is 2.35. The minimum Gasteiger partial charge on any atom is -0.456 e. The maximum Gasteiger partial charge on any atom is 0.306 e. The highest BCUT2D eigenvalue weighted by molar-refractivity contribution is 9.10. The zero-order valence-electron chi connectivity index (χ0n) is 14.5. The minimum absolute atomic E-state index is 0.0958. The molecule has 0 bridgehead atoms. The largest absolute Gasteiger partial charge is 0.456 e. The molecular formula is C18H16BrN3O6. The molecule has 0 atom stereocenters. The smallest absolute Gasteiger partial charge is 0.306 e. The summed E-state index contributed by atoms with van der Waals surface area (Å²) in [6.45, 7) is -0.560. The first-order valence-electron chi connectivity index (χ1n) is 8.09. The molecule has 0 spiro atoms. The third kappa shape index (κ3) is 7.16. The normalized spacial score (nSPS) is 10.0. The third-order valence-corrected chi connectivity index (χ3v) is 3.92. The summed E-state index contributed by atoms with van der Waals surface area (Å²) in [5.41, 5.74) is 0.633. The average Bonchev–Trinajstić information content (AvgIpc) is 2.66. The second-order valence-corrected chi connectivity index (χ2v) is 6.49. The van der Waals surface area contributed by atoms with Gasteiger partial charge in [0.25, 0.3) is 11.6 Å². The second kappa shape index (κ2) is 10.2. The molecule has 2 aromatic carbocycles. The number of carbonyl (C=O) groups is 3. The van der Waals surface area contributed by atoms with Crippen molar-refractivity contribution in [3.05, 3.63) is 63.1 Å². The van der Waals surface area contributed by atoms with E-state index < -0.39 is 23.4 Å². The van der Waals surface area contributed by atoms with Gasteiger partial charge in [0.05, 0.1) is 11.3 Å². The number of anilines is 2. The van der Waals surface area contributed by atoms with Gasteiger partial charge in [-0.2, -0.15) is 0 Å². The molecule has 2 N–H and O–H groups in total. The molecule has 0 aromatic heterocycles. The Balaban J connectivity index is 1.70. The molecule has 9 nitrogen and oxygen atoms in total. The number of hydrogen-bond donors (Lipinski definition) is 2. The summed E-state index contributed by atoms with van der Waals surface area (Å²) in [7, 11) is 0. The van der Waals surface area contributed by atoms with Crippen molar-refractivity contribution in [1.82, 2.24) is 0 Å². The lowest BCUT2D eigenvalue weighted by Gasteiger charge is -2.07. The Kier molecular flexibility index (Phi) is 7.64. The summed E-state index contributed by atoms with van der Waals surface area (Å²) in [4.78, 5) is 45.3. The molecule has 2 rings (SSSR count). The van der Waals surface area contributed by atoms with E-state index in [2.05, 4.69) is 26.6 Å². The molecule has 146 valence electrons. The van der Waals surface area contributed by atoms with Gasteiger partial charge in [-0.1, -0.05) is 22.0 Å². The number of carbonyl (C=O) groups excluding carboxylic acids is 3. The number of nitrogens with one attached hydrogen (secondary N) is 2. The number of esters is 1. The molecule has 0 aliphatic carbocycles. The van der Waals surface area contributed by atoms with E-state index in [1.54, 1.807) is 24.3 Å². The Morgan fingerprint density at radius 2 is 1.64 bits per heavy atom. The number of nitrogens with zero attached hydrogens (tertiary/aromatic N) is 1. The summed E-state index contributed by atoms with van der Waals surface area (Å²) in [6, 6.07) is 12.3. The van der Waals surface area contributed by atoms with Crippen LogP contribution in [0.15, 0.2) is 53.0 Å². The average molecular weight is 450 g/mol. The van der Waals surface area contributed by atoms with Gasteiger partial charge in [-0.05, 0) is 30.3 Å². The fraction of sp³-hybridized carbons (Fsp3) is 0.167. The van der Waals surface area contributed by atoms with Gasteiger partial charge >= 0.3 is 5.97 Å². The first-order chi connectivity index (χ1) is 13.3. The number of ether oxygens (including phenoxy) is 1. The predicted molar refractivity (Wildman–Crippen MR) is 105 cm³/mol. The zero-order valence-corrected chi connectivity index (χ0v) is 16.1. The van der Waals surface area contributed by atoms with Crippen LogP contribution in [0, 0.1) is 10.1 Å². The quantitative estimate of drug-likeness (QED) is 0.361. The molecule has 28 heavy (non-hydrogen) atoms. The number of halogens is 1. The lowest BCUT2D eigenvalue weighted by Crippen LogP contribution is -2.21. The Bertz CT molecular complexity index is 885. The zero-order chi connectivity index (χ0) is 20.5. The summed E-state index contributed by atoms with van der Waals surface area (Å²) in [5.74, 6) is -1.71. The maximum atomic E-state index is 11.8. The lowest BCUT2D eigenvalue weighted by atomic mass is 10.2. The number of hydrogen-bond acceptors (Lipinski definition) is 6. The molecule has 0 saturated heterocycles. The molecule has 0 radical (unpaired) electrons. The van der Waals surface area contributed by atoms with Gasteiger partial charge in [-0.3, -0.25) is 24.5 Å². The first-order valence-corrected chi connectivity index (χ1v) is 8.88. The number of benzene rings is 2. The Morgan fingerprint density at radius 3 is 2.32 bits per heavy atom. The van der Waals surface area contributed by atoms with Crippen LogP contribution < -0.4 is 10.6 Å². The Labute approximate surface area is 168 Å². The van der Waals surface area contributed by atoms with Gasteiger partial charge in [0, 0.05) is 34.4 Å². The summed E-state index contributed by atoms with van der Waals surface area (Å²) in [5, 5.41) is 15.7. The molecule has 0 aliphatic heterocycles. The Hall–Kier alpha value is -3.27. The van der Waals surface area contributed by atoms with Crippen molar-refractivity contribution in [3.63, 3.8) is 0 Å². The van der Waals surface area contributed by atoms with Crippen molar-refractivity contribution in [3.8, 4) is 0 Å². The SMILES string of the molecule is O=C(CCC(=O)OCC(=O)Nc1cccc([N+](=O)[O-])c1)Nc1ccc(Br)cc1. The molecule has 0 aliphatic rings.